The van der Waals surface area contributed by atoms with Gasteiger partial charge in [0.2, 0.25) is 0 Å². The van der Waals surface area contributed by atoms with Gasteiger partial charge in [-0.1, -0.05) is 18.2 Å². The van der Waals surface area contributed by atoms with E-state index in [1.165, 1.54) is 0 Å². The maximum Gasteiger partial charge on any atom is 0.122 e. The quantitative estimate of drug-likeness (QED) is 0.663. The molecule has 0 atom stereocenters. The highest BCUT2D eigenvalue weighted by atomic mass is 16.5. The number of anilines is 1. The average molecular weight is 260 g/mol. The van der Waals surface area contributed by atoms with Crippen molar-refractivity contribution < 1.29 is 4.74 Å². The third kappa shape index (κ3) is 3.48. The van der Waals surface area contributed by atoms with E-state index < -0.39 is 0 Å². The smallest absolute Gasteiger partial charge is 0.122 e. The molecule has 5 heteroatoms. The molecule has 0 saturated carbocycles. The molecule has 0 bridgehead atoms. The number of rotatable bonds is 7. The fraction of sp³-hybridized carbons (Fsp3) is 0.357. The van der Waals surface area contributed by atoms with Crippen LogP contribution < -0.4 is 15.8 Å². The van der Waals surface area contributed by atoms with Crippen molar-refractivity contribution in [3.8, 4) is 5.75 Å². The van der Waals surface area contributed by atoms with E-state index >= 15 is 0 Å². The van der Waals surface area contributed by atoms with Crippen molar-refractivity contribution in [3.63, 3.8) is 0 Å². The molecule has 2 rings (SSSR count). The van der Waals surface area contributed by atoms with Gasteiger partial charge in [0.05, 0.1) is 24.7 Å². The SMILES string of the molecule is COc1ccccc1Cc1[nH]ncc1NCCCN. The molecule has 0 aliphatic heterocycles. The lowest BCUT2D eigenvalue weighted by atomic mass is 10.1. The van der Waals surface area contributed by atoms with E-state index in [1.807, 2.05) is 18.2 Å². The molecule has 1 aromatic carbocycles. The number of methoxy groups -OCH3 is 1. The summed E-state index contributed by atoms with van der Waals surface area (Å²) in [5.74, 6) is 0.894. The summed E-state index contributed by atoms with van der Waals surface area (Å²) in [6.07, 6.45) is 3.51. The lowest BCUT2D eigenvalue weighted by Gasteiger charge is -2.09. The van der Waals surface area contributed by atoms with Crippen LogP contribution in [0.1, 0.15) is 17.7 Å². The average Bonchev–Trinajstić information content (AvgIpc) is 2.87. The standard InChI is InChI=1S/C14H20N4O/c1-19-14-6-3-2-5-11(14)9-12-13(10-17-18-12)16-8-4-7-15/h2-3,5-6,10,16H,4,7-9,15H2,1H3,(H,17,18). The summed E-state index contributed by atoms with van der Waals surface area (Å²) in [5, 5.41) is 10.5. The second-order valence-electron chi connectivity index (χ2n) is 4.32. The minimum absolute atomic E-state index is 0.687. The van der Waals surface area contributed by atoms with Crippen molar-refractivity contribution in [1.29, 1.82) is 0 Å². The summed E-state index contributed by atoms with van der Waals surface area (Å²) in [4.78, 5) is 0. The van der Waals surface area contributed by atoms with Gasteiger partial charge in [0, 0.05) is 18.5 Å². The van der Waals surface area contributed by atoms with Crippen molar-refractivity contribution in [2.45, 2.75) is 12.8 Å². The Morgan fingerprint density at radius 2 is 2.21 bits per heavy atom. The Morgan fingerprint density at radius 1 is 1.37 bits per heavy atom. The Bertz CT molecular complexity index is 510. The van der Waals surface area contributed by atoms with Gasteiger partial charge < -0.3 is 15.8 Å². The van der Waals surface area contributed by atoms with Gasteiger partial charge in [-0.05, 0) is 19.0 Å². The number of nitrogens with zero attached hydrogens (tertiary/aromatic N) is 1. The van der Waals surface area contributed by atoms with Gasteiger partial charge in [0.25, 0.3) is 0 Å². The molecule has 4 N–H and O–H groups in total. The Labute approximate surface area is 113 Å². The number of nitrogens with two attached hydrogens (primary N) is 1. The first kappa shape index (κ1) is 13.4. The van der Waals surface area contributed by atoms with Crippen molar-refractivity contribution in [2.24, 2.45) is 5.73 Å². The number of aromatic amines is 1. The second-order valence-corrected chi connectivity index (χ2v) is 4.32. The highest BCUT2D eigenvalue weighted by molar-refractivity contribution is 5.49. The Balaban J connectivity index is 2.08. The summed E-state index contributed by atoms with van der Waals surface area (Å²) in [6, 6.07) is 8.00. The van der Waals surface area contributed by atoms with Crippen molar-refractivity contribution >= 4 is 5.69 Å². The monoisotopic (exact) mass is 260 g/mol. The third-order valence-electron chi connectivity index (χ3n) is 2.97. The summed E-state index contributed by atoms with van der Waals surface area (Å²) in [6.45, 7) is 1.54. The van der Waals surface area contributed by atoms with Crippen molar-refractivity contribution in [1.82, 2.24) is 10.2 Å². The van der Waals surface area contributed by atoms with E-state index in [0.717, 1.165) is 42.1 Å². The van der Waals surface area contributed by atoms with Crippen LogP contribution in [0.15, 0.2) is 30.5 Å². The Kier molecular flexibility index (Phi) is 4.80. The predicted octanol–water partition coefficient (Wildman–Crippen LogP) is 1.77. The number of ether oxygens (including phenoxy) is 1. The molecule has 0 saturated heterocycles. The van der Waals surface area contributed by atoms with E-state index in [4.69, 9.17) is 10.5 Å². The first-order chi connectivity index (χ1) is 9.35. The number of aromatic nitrogens is 2. The van der Waals surface area contributed by atoms with Gasteiger partial charge in [-0.3, -0.25) is 5.10 Å². The highest BCUT2D eigenvalue weighted by Gasteiger charge is 2.08. The van der Waals surface area contributed by atoms with Gasteiger partial charge in [-0.2, -0.15) is 5.10 Å². The maximum absolute atomic E-state index is 5.49. The van der Waals surface area contributed by atoms with Gasteiger partial charge in [-0.15, -0.1) is 0 Å². The molecule has 0 radical (unpaired) electrons. The number of hydrogen-bond acceptors (Lipinski definition) is 4. The zero-order chi connectivity index (χ0) is 13.5. The van der Waals surface area contributed by atoms with Crippen LogP contribution in [0.2, 0.25) is 0 Å². The fourth-order valence-corrected chi connectivity index (χ4v) is 1.96. The molecule has 5 nitrogen and oxygen atoms in total. The Hall–Kier alpha value is -2.01. The highest BCUT2D eigenvalue weighted by Crippen LogP contribution is 2.23. The van der Waals surface area contributed by atoms with Crippen LogP contribution in [0.5, 0.6) is 5.75 Å². The molecule has 0 spiro atoms. The first-order valence-electron chi connectivity index (χ1n) is 6.43. The summed E-state index contributed by atoms with van der Waals surface area (Å²) in [5.41, 5.74) is 8.71. The fourth-order valence-electron chi connectivity index (χ4n) is 1.96. The topological polar surface area (TPSA) is 76.0 Å². The molecule has 0 aliphatic rings. The zero-order valence-electron chi connectivity index (χ0n) is 11.1. The van der Waals surface area contributed by atoms with E-state index in [9.17, 15) is 0 Å². The number of benzene rings is 1. The van der Waals surface area contributed by atoms with E-state index in [0.29, 0.717) is 6.54 Å². The molecule has 19 heavy (non-hydrogen) atoms. The summed E-state index contributed by atoms with van der Waals surface area (Å²) >= 11 is 0. The summed E-state index contributed by atoms with van der Waals surface area (Å²) in [7, 11) is 1.69. The van der Waals surface area contributed by atoms with Gasteiger partial charge in [0.1, 0.15) is 5.75 Å². The minimum Gasteiger partial charge on any atom is -0.496 e. The summed E-state index contributed by atoms with van der Waals surface area (Å²) < 4.78 is 5.36. The molecule has 2 aromatic rings. The van der Waals surface area contributed by atoms with E-state index in [-0.39, 0.29) is 0 Å². The molecular formula is C14H20N4O. The molecule has 0 fully saturated rings. The minimum atomic E-state index is 0.687. The predicted molar refractivity (Wildman–Crippen MR) is 76.5 cm³/mol. The molecule has 1 heterocycles. The van der Waals surface area contributed by atoms with Crippen LogP contribution in [0, 0.1) is 0 Å². The molecular weight excluding hydrogens is 240 g/mol. The lowest BCUT2D eigenvalue weighted by molar-refractivity contribution is 0.410. The molecule has 1 aromatic heterocycles. The van der Waals surface area contributed by atoms with Crippen LogP contribution in [0.25, 0.3) is 0 Å². The second kappa shape index (κ2) is 6.80. The lowest BCUT2D eigenvalue weighted by Crippen LogP contribution is -2.09. The van der Waals surface area contributed by atoms with Gasteiger partial charge >= 0.3 is 0 Å². The largest absolute Gasteiger partial charge is 0.496 e. The van der Waals surface area contributed by atoms with Crippen LogP contribution >= 0.6 is 0 Å². The Morgan fingerprint density at radius 3 is 3.00 bits per heavy atom. The maximum atomic E-state index is 5.49. The third-order valence-corrected chi connectivity index (χ3v) is 2.97. The van der Waals surface area contributed by atoms with Crippen molar-refractivity contribution in [3.05, 3.63) is 41.7 Å². The molecule has 0 amide bonds. The van der Waals surface area contributed by atoms with E-state index in [1.54, 1.807) is 13.3 Å². The van der Waals surface area contributed by atoms with E-state index in [2.05, 4.69) is 21.6 Å². The number of para-hydroxylation sites is 1. The van der Waals surface area contributed by atoms with Crippen LogP contribution in [-0.2, 0) is 6.42 Å². The number of H-pyrrole nitrogens is 1. The van der Waals surface area contributed by atoms with Crippen LogP contribution in [0.4, 0.5) is 5.69 Å². The van der Waals surface area contributed by atoms with Gasteiger partial charge in [0.15, 0.2) is 0 Å². The normalized spacial score (nSPS) is 10.4. The van der Waals surface area contributed by atoms with Crippen molar-refractivity contribution in [2.75, 3.05) is 25.5 Å². The number of nitrogens with one attached hydrogen (secondary N) is 2. The number of hydrogen-bond donors (Lipinski definition) is 3. The molecule has 0 aliphatic carbocycles. The van der Waals surface area contributed by atoms with Gasteiger partial charge in [-0.25, -0.2) is 0 Å². The van der Waals surface area contributed by atoms with Crippen LogP contribution in [0.3, 0.4) is 0 Å². The molecule has 0 unspecified atom stereocenters. The molecule has 102 valence electrons. The first-order valence-corrected chi connectivity index (χ1v) is 6.43. The zero-order valence-corrected chi connectivity index (χ0v) is 11.1. The van der Waals surface area contributed by atoms with Crippen LogP contribution in [-0.4, -0.2) is 30.4 Å².